The Bertz CT molecular complexity index is 898. The summed E-state index contributed by atoms with van der Waals surface area (Å²) in [6, 6.07) is 15.1. The van der Waals surface area contributed by atoms with Crippen molar-refractivity contribution in [1.82, 2.24) is 0 Å². The van der Waals surface area contributed by atoms with Gasteiger partial charge in [0, 0.05) is 9.13 Å². The first-order valence-electron chi connectivity index (χ1n) is 7.84. The number of esters is 1. The van der Waals surface area contributed by atoms with Gasteiger partial charge in [-0.25, -0.2) is 0 Å². The van der Waals surface area contributed by atoms with E-state index in [0.717, 1.165) is 14.7 Å². The molecule has 0 aromatic heterocycles. The largest absolute Gasteiger partial charge is 0.468 e. The number of ether oxygens (including phenoxy) is 1. The summed E-state index contributed by atoms with van der Waals surface area (Å²) in [5, 5.41) is 0. The van der Waals surface area contributed by atoms with Crippen LogP contribution in [0.15, 0.2) is 67.3 Å². The molecule has 3 nitrogen and oxygen atoms in total. The SMILES string of the molecule is C=C(CC1(C(=O)OC)C=CC(=O)c2ccccc21)c1ccccc1I. The number of benzene rings is 2. The van der Waals surface area contributed by atoms with Gasteiger partial charge in [0.2, 0.25) is 0 Å². The molecule has 25 heavy (non-hydrogen) atoms. The van der Waals surface area contributed by atoms with Crippen molar-refractivity contribution >= 4 is 39.9 Å². The summed E-state index contributed by atoms with van der Waals surface area (Å²) in [6.07, 6.45) is 3.47. The van der Waals surface area contributed by atoms with Crippen LogP contribution in [0.2, 0.25) is 0 Å². The zero-order valence-corrected chi connectivity index (χ0v) is 15.9. The molecule has 0 heterocycles. The highest BCUT2D eigenvalue weighted by molar-refractivity contribution is 14.1. The number of ketones is 1. The summed E-state index contributed by atoms with van der Waals surface area (Å²) in [7, 11) is 1.37. The van der Waals surface area contributed by atoms with Crippen LogP contribution < -0.4 is 0 Å². The Balaban J connectivity index is 2.12. The van der Waals surface area contributed by atoms with E-state index in [-0.39, 0.29) is 5.78 Å². The Labute approximate surface area is 160 Å². The van der Waals surface area contributed by atoms with Gasteiger partial charge in [-0.2, -0.15) is 0 Å². The molecule has 1 aliphatic rings. The highest BCUT2D eigenvalue weighted by atomic mass is 127. The third-order valence-electron chi connectivity index (χ3n) is 4.49. The zero-order valence-electron chi connectivity index (χ0n) is 13.8. The topological polar surface area (TPSA) is 43.4 Å². The molecule has 0 saturated carbocycles. The predicted octanol–water partition coefficient (Wildman–Crippen LogP) is 4.56. The van der Waals surface area contributed by atoms with E-state index in [1.54, 1.807) is 18.2 Å². The van der Waals surface area contributed by atoms with E-state index in [1.807, 2.05) is 36.4 Å². The molecule has 0 N–H and O–H groups in total. The highest BCUT2D eigenvalue weighted by Gasteiger charge is 2.44. The lowest BCUT2D eigenvalue weighted by molar-refractivity contribution is -0.145. The van der Waals surface area contributed by atoms with Gasteiger partial charge in [-0.3, -0.25) is 9.59 Å². The Morgan fingerprint density at radius 3 is 2.56 bits per heavy atom. The van der Waals surface area contributed by atoms with Gasteiger partial charge in [0.15, 0.2) is 5.78 Å². The molecule has 1 unspecified atom stereocenters. The van der Waals surface area contributed by atoms with Crippen molar-refractivity contribution in [2.75, 3.05) is 7.11 Å². The van der Waals surface area contributed by atoms with Crippen LogP contribution in [0.3, 0.4) is 0 Å². The summed E-state index contributed by atoms with van der Waals surface area (Å²) < 4.78 is 6.17. The van der Waals surface area contributed by atoms with E-state index in [1.165, 1.54) is 13.2 Å². The number of carbonyl (C=O) groups excluding carboxylic acids is 2. The minimum atomic E-state index is -1.05. The molecule has 0 radical (unpaired) electrons. The van der Waals surface area contributed by atoms with Crippen LogP contribution in [0.4, 0.5) is 0 Å². The van der Waals surface area contributed by atoms with Crippen LogP contribution in [0.1, 0.15) is 27.9 Å². The molecular weight excluding hydrogens is 427 g/mol. The van der Waals surface area contributed by atoms with Crippen LogP contribution >= 0.6 is 22.6 Å². The molecule has 1 atom stereocenters. The summed E-state index contributed by atoms with van der Waals surface area (Å²) >= 11 is 2.26. The van der Waals surface area contributed by atoms with Gasteiger partial charge in [-0.15, -0.1) is 0 Å². The Kier molecular flexibility index (Phi) is 4.90. The van der Waals surface area contributed by atoms with Gasteiger partial charge in [-0.05, 0) is 57.9 Å². The fourth-order valence-corrected chi connectivity index (χ4v) is 4.02. The Hall–Kier alpha value is -2.21. The molecule has 3 rings (SSSR count). The highest BCUT2D eigenvalue weighted by Crippen LogP contribution is 2.41. The molecule has 0 fully saturated rings. The average molecular weight is 444 g/mol. The summed E-state index contributed by atoms with van der Waals surface area (Å²) in [5.74, 6) is -0.495. The first-order valence-corrected chi connectivity index (χ1v) is 8.91. The zero-order chi connectivity index (χ0) is 18.0. The van der Waals surface area contributed by atoms with Crippen molar-refractivity contribution in [3.8, 4) is 0 Å². The average Bonchev–Trinajstić information content (AvgIpc) is 2.64. The maximum absolute atomic E-state index is 12.8. The minimum absolute atomic E-state index is 0.102. The smallest absolute Gasteiger partial charge is 0.320 e. The second kappa shape index (κ2) is 6.96. The van der Waals surface area contributed by atoms with Gasteiger partial charge in [0.25, 0.3) is 0 Å². The van der Waals surface area contributed by atoms with E-state index in [4.69, 9.17) is 4.74 Å². The van der Waals surface area contributed by atoms with Gasteiger partial charge in [0.05, 0.1) is 7.11 Å². The fourth-order valence-electron chi connectivity index (χ4n) is 3.25. The number of rotatable bonds is 4. The maximum Gasteiger partial charge on any atom is 0.320 e. The van der Waals surface area contributed by atoms with Crippen LogP contribution in [0.5, 0.6) is 0 Å². The van der Waals surface area contributed by atoms with Crippen LogP contribution in [0.25, 0.3) is 5.57 Å². The summed E-state index contributed by atoms with van der Waals surface area (Å²) in [5.41, 5.74) is 1.97. The number of allylic oxidation sites excluding steroid dienone is 2. The van der Waals surface area contributed by atoms with Crippen molar-refractivity contribution in [3.05, 3.63) is 87.5 Å². The molecule has 126 valence electrons. The van der Waals surface area contributed by atoms with Gasteiger partial charge in [0.1, 0.15) is 5.41 Å². The quantitative estimate of drug-likeness (QED) is 0.513. The van der Waals surface area contributed by atoms with Gasteiger partial charge >= 0.3 is 5.97 Å². The Morgan fingerprint density at radius 2 is 1.84 bits per heavy atom. The first-order chi connectivity index (χ1) is 12.0. The summed E-state index contributed by atoms with van der Waals surface area (Å²) in [4.78, 5) is 25.0. The lowest BCUT2D eigenvalue weighted by Gasteiger charge is -2.33. The molecule has 4 heteroatoms. The van der Waals surface area contributed by atoms with E-state index >= 15 is 0 Å². The van der Waals surface area contributed by atoms with E-state index in [0.29, 0.717) is 17.5 Å². The number of hydrogen-bond donors (Lipinski definition) is 0. The Morgan fingerprint density at radius 1 is 1.16 bits per heavy atom. The van der Waals surface area contributed by atoms with E-state index in [9.17, 15) is 9.59 Å². The van der Waals surface area contributed by atoms with Gasteiger partial charge in [-0.1, -0.05) is 55.1 Å². The van der Waals surface area contributed by atoms with Crippen LogP contribution in [-0.4, -0.2) is 18.9 Å². The standard InChI is InChI=1S/C21H17IO3/c1-14(15-7-4-6-10-18(15)22)13-21(20(24)25-2)12-11-19(23)16-8-3-5-9-17(16)21/h3-12H,1,13H2,2H3. The molecule has 0 aliphatic heterocycles. The monoisotopic (exact) mass is 444 g/mol. The number of fused-ring (bicyclic) bond motifs is 1. The van der Waals surface area contributed by atoms with Crippen molar-refractivity contribution in [2.24, 2.45) is 0 Å². The molecule has 2 aromatic rings. The van der Waals surface area contributed by atoms with Crippen molar-refractivity contribution in [2.45, 2.75) is 11.8 Å². The molecular formula is C21H17IO3. The third kappa shape index (κ3) is 3.06. The predicted molar refractivity (Wildman–Crippen MR) is 106 cm³/mol. The first kappa shape index (κ1) is 17.6. The lowest BCUT2D eigenvalue weighted by Crippen LogP contribution is -2.39. The van der Waals surface area contributed by atoms with E-state index in [2.05, 4.69) is 29.2 Å². The van der Waals surface area contributed by atoms with Gasteiger partial charge < -0.3 is 4.74 Å². The molecule has 0 amide bonds. The third-order valence-corrected chi connectivity index (χ3v) is 5.43. The van der Waals surface area contributed by atoms with Crippen molar-refractivity contribution in [3.63, 3.8) is 0 Å². The molecule has 1 aliphatic carbocycles. The number of hydrogen-bond acceptors (Lipinski definition) is 3. The lowest BCUT2D eigenvalue weighted by atomic mass is 9.69. The normalized spacial score (nSPS) is 18.6. The second-order valence-corrected chi connectivity index (χ2v) is 7.13. The molecule has 0 spiro atoms. The number of carbonyl (C=O) groups is 2. The van der Waals surface area contributed by atoms with Crippen molar-refractivity contribution in [1.29, 1.82) is 0 Å². The summed E-state index contributed by atoms with van der Waals surface area (Å²) in [6.45, 7) is 4.20. The molecule has 0 saturated heterocycles. The molecule has 0 bridgehead atoms. The van der Waals surface area contributed by atoms with Crippen LogP contribution in [0, 0.1) is 3.57 Å². The number of methoxy groups -OCH3 is 1. The second-order valence-electron chi connectivity index (χ2n) is 5.97. The number of halogens is 1. The minimum Gasteiger partial charge on any atom is -0.468 e. The van der Waals surface area contributed by atoms with Crippen LogP contribution in [-0.2, 0) is 14.9 Å². The fraction of sp³-hybridized carbons (Fsp3) is 0.143. The van der Waals surface area contributed by atoms with Crippen molar-refractivity contribution < 1.29 is 14.3 Å². The maximum atomic E-state index is 12.8. The van der Waals surface area contributed by atoms with E-state index < -0.39 is 11.4 Å². The molecule has 2 aromatic carbocycles.